The number of amides is 1. The third kappa shape index (κ3) is 5.38. The van der Waals surface area contributed by atoms with Gasteiger partial charge in [0.2, 0.25) is 0 Å². The van der Waals surface area contributed by atoms with Gasteiger partial charge in [-0.3, -0.25) is 4.79 Å². The zero-order valence-electron chi connectivity index (χ0n) is 13.6. The Morgan fingerprint density at radius 1 is 1.29 bits per heavy atom. The molecule has 1 atom stereocenters. The number of anilines is 1. The van der Waals surface area contributed by atoms with E-state index in [1.807, 2.05) is 55.5 Å². The summed E-state index contributed by atoms with van der Waals surface area (Å²) in [6, 6.07) is 14.8. The van der Waals surface area contributed by atoms with Crippen molar-refractivity contribution in [1.29, 1.82) is 0 Å². The molecule has 2 aromatic carbocycles. The second-order valence-electron chi connectivity index (χ2n) is 5.13. The summed E-state index contributed by atoms with van der Waals surface area (Å²) in [5.41, 5.74) is 4.30. The molecule has 0 aliphatic carbocycles. The predicted molar refractivity (Wildman–Crippen MR) is 101 cm³/mol. The van der Waals surface area contributed by atoms with E-state index in [1.54, 1.807) is 13.3 Å². The van der Waals surface area contributed by atoms with Gasteiger partial charge in [0.15, 0.2) is 0 Å². The van der Waals surface area contributed by atoms with Crippen molar-refractivity contribution in [3.05, 3.63) is 58.6 Å². The number of hydrogen-bond donors (Lipinski definition) is 2. The van der Waals surface area contributed by atoms with Crippen LogP contribution >= 0.6 is 15.9 Å². The summed E-state index contributed by atoms with van der Waals surface area (Å²) < 4.78 is 6.11. The summed E-state index contributed by atoms with van der Waals surface area (Å²) in [7, 11) is 1.61. The van der Waals surface area contributed by atoms with Crippen LogP contribution in [0.25, 0.3) is 0 Å². The average Bonchev–Trinajstić information content (AvgIpc) is 2.59. The topological polar surface area (TPSA) is 62.7 Å². The van der Waals surface area contributed by atoms with Crippen LogP contribution in [0.5, 0.6) is 5.75 Å². The molecular weight excluding hydrogens is 370 g/mol. The number of hydrazone groups is 1. The highest BCUT2D eigenvalue weighted by Gasteiger charge is 2.15. The molecule has 126 valence electrons. The van der Waals surface area contributed by atoms with E-state index in [2.05, 4.69) is 31.8 Å². The standard InChI is InChI=1S/C18H20BrN3O2/c1-3-17(21-15-8-5-7-14(19)11-15)18(23)22-20-12-13-6-4-9-16(10-13)24-2/h4-12,17,21H,3H2,1-2H3,(H,22,23)/b20-12-. The molecule has 0 aliphatic heterocycles. The number of carbonyl (C=O) groups is 1. The van der Waals surface area contributed by atoms with Gasteiger partial charge in [0.25, 0.3) is 5.91 Å². The zero-order chi connectivity index (χ0) is 17.4. The Kier molecular flexibility index (Phi) is 6.81. The second-order valence-corrected chi connectivity index (χ2v) is 6.04. The van der Waals surface area contributed by atoms with Crippen molar-refractivity contribution in [2.75, 3.05) is 12.4 Å². The number of nitrogens with one attached hydrogen (secondary N) is 2. The molecule has 0 saturated heterocycles. The number of carbonyl (C=O) groups excluding carboxylic acids is 1. The van der Waals surface area contributed by atoms with Crippen molar-refractivity contribution in [1.82, 2.24) is 5.43 Å². The first-order valence-electron chi connectivity index (χ1n) is 7.61. The Labute approximate surface area is 150 Å². The maximum atomic E-state index is 12.3. The van der Waals surface area contributed by atoms with Gasteiger partial charge in [-0.05, 0) is 42.3 Å². The Balaban J connectivity index is 1.95. The normalized spacial score (nSPS) is 12.0. The molecule has 6 heteroatoms. The predicted octanol–water partition coefficient (Wildman–Crippen LogP) is 3.80. The average molecular weight is 390 g/mol. The third-order valence-corrected chi connectivity index (χ3v) is 3.87. The van der Waals surface area contributed by atoms with E-state index in [0.29, 0.717) is 6.42 Å². The largest absolute Gasteiger partial charge is 0.497 e. The molecule has 0 aliphatic rings. The first kappa shape index (κ1) is 18.0. The summed E-state index contributed by atoms with van der Waals surface area (Å²) in [5.74, 6) is 0.560. The molecule has 24 heavy (non-hydrogen) atoms. The minimum Gasteiger partial charge on any atom is -0.497 e. The van der Waals surface area contributed by atoms with Crippen LogP contribution in [0.15, 0.2) is 58.1 Å². The lowest BCUT2D eigenvalue weighted by molar-refractivity contribution is -0.121. The number of ether oxygens (including phenoxy) is 1. The quantitative estimate of drug-likeness (QED) is 0.559. The molecule has 0 heterocycles. The van der Waals surface area contributed by atoms with Gasteiger partial charge in [-0.1, -0.05) is 41.1 Å². The number of hydrogen-bond acceptors (Lipinski definition) is 4. The molecule has 0 fully saturated rings. The van der Waals surface area contributed by atoms with E-state index >= 15 is 0 Å². The first-order chi connectivity index (χ1) is 11.6. The molecule has 0 bridgehead atoms. The molecule has 1 amide bonds. The summed E-state index contributed by atoms with van der Waals surface area (Å²) >= 11 is 3.42. The number of halogens is 1. The van der Waals surface area contributed by atoms with Crippen LogP contribution in [0.3, 0.4) is 0 Å². The van der Waals surface area contributed by atoms with Crippen LogP contribution < -0.4 is 15.5 Å². The fraction of sp³-hybridized carbons (Fsp3) is 0.222. The molecule has 5 nitrogen and oxygen atoms in total. The molecule has 2 N–H and O–H groups in total. The fourth-order valence-electron chi connectivity index (χ4n) is 2.10. The van der Waals surface area contributed by atoms with Crippen molar-refractivity contribution in [2.24, 2.45) is 5.10 Å². The van der Waals surface area contributed by atoms with Crippen molar-refractivity contribution >= 4 is 33.7 Å². The van der Waals surface area contributed by atoms with E-state index in [1.165, 1.54) is 0 Å². The monoisotopic (exact) mass is 389 g/mol. The van der Waals surface area contributed by atoms with E-state index in [-0.39, 0.29) is 11.9 Å². The second kappa shape index (κ2) is 9.08. The molecule has 0 radical (unpaired) electrons. The van der Waals surface area contributed by atoms with E-state index < -0.39 is 0 Å². The molecule has 2 rings (SSSR count). The Hall–Kier alpha value is -2.34. The highest BCUT2D eigenvalue weighted by Crippen LogP contribution is 2.17. The summed E-state index contributed by atoms with van der Waals surface area (Å²) in [4.78, 5) is 12.3. The highest BCUT2D eigenvalue weighted by atomic mass is 79.9. The van der Waals surface area contributed by atoms with E-state index in [4.69, 9.17) is 4.74 Å². The van der Waals surface area contributed by atoms with Crippen molar-refractivity contribution in [3.63, 3.8) is 0 Å². The highest BCUT2D eigenvalue weighted by molar-refractivity contribution is 9.10. The fourth-order valence-corrected chi connectivity index (χ4v) is 2.50. The number of nitrogens with zero attached hydrogens (tertiary/aromatic N) is 1. The summed E-state index contributed by atoms with van der Waals surface area (Å²) in [6.45, 7) is 1.95. The van der Waals surface area contributed by atoms with Crippen molar-refractivity contribution in [3.8, 4) is 5.75 Å². The number of rotatable bonds is 7. The minimum absolute atomic E-state index is 0.184. The van der Waals surface area contributed by atoms with Gasteiger partial charge in [-0.15, -0.1) is 0 Å². The van der Waals surface area contributed by atoms with Crippen molar-refractivity contribution < 1.29 is 9.53 Å². The Morgan fingerprint density at radius 3 is 2.79 bits per heavy atom. The SMILES string of the molecule is CCC(Nc1cccc(Br)c1)C(=O)N/N=C\c1cccc(OC)c1. The van der Waals surface area contributed by atoms with E-state index in [0.717, 1.165) is 21.5 Å². The van der Waals surface area contributed by atoms with Crippen LogP contribution in [0.4, 0.5) is 5.69 Å². The summed E-state index contributed by atoms with van der Waals surface area (Å²) in [6.07, 6.45) is 2.24. The molecule has 2 aromatic rings. The van der Waals surface area contributed by atoms with Gasteiger partial charge in [-0.2, -0.15) is 5.10 Å². The molecular formula is C18H20BrN3O2. The van der Waals surface area contributed by atoms with Crippen LogP contribution in [0.2, 0.25) is 0 Å². The Morgan fingerprint density at radius 2 is 2.08 bits per heavy atom. The van der Waals surface area contributed by atoms with Crippen LogP contribution in [-0.4, -0.2) is 25.3 Å². The van der Waals surface area contributed by atoms with E-state index in [9.17, 15) is 4.79 Å². The van der Waals surface area contributed by atoms with Crippen LogP contribution in [0, 0.1) is 0 Å². The Bertz CT molecular complexity index is 719. The van der Waals surface area contributed by atoms with Gasteiger partial charge in [0.05, 0.1) is 13.3 Å². The van der Waals surface area contributed by atoms with Gasteiger partial charge in [0, 0.05) is 10.2 Å². The molecule has 0 aromatic heterocycles. The summed E-state index contributed by atoms with van der Waals surface area (Å²) in [5, 5.41) is 7.22. The lowest BCUT2D eigenvalue weighted by Crippen LogP contribution is -2.36. The molecule has 0 saturated carbocycles. The zero-order valence-corrected chi connectivity index (χ0v) is 15.2. The van der Waals surface area contributed by atoms with Gasteiger partial charge < -0.3 is 10.1 Å². The maximum absolute atomic E-state index is 12.3. The smallest absolute Gasteiger partial charge is 0.262 e. The number of benzene rings is 2. The van der Waals surface area contributed by atoms with Gasteiger partial charge >= 0.3 is 0 Å². The lowest BCUT2D eigenvalue weighted by atomic mass is 10.2. The minimum atomic E-state index is -0.359. The van der Waals surface area contributed by atoms with Crippen LogP contribution in [-0.2, 0) is 4.79 Å². The third-order valence-electron chi connectivity index (χ3n) is 3.37. The van der Waals surface area contributed by atoms with Crippen LogP contribution in [0.1, 0.15) is 18.9 Å². The van der Waals surface area contributed by atoms with Crippen molar-refractivity contribution in [2.45, 2.75) is 19.4 Å². The van der Waals surface area contributed by atoms with Gasteiger partial charge in [-0.25, -0.2) is 5.43 Å². The van der Waals surface area contributed by atoms with Gasteiger partial charge in [0.1, 0.15) is 11.8 Å². The molecule has 1 unspecified atom stereocenters. The first-order valence-corrected chi connectivity index (χ1v) is 8.40. The number of methoxy groups -OCH3 is 1. The lowest BCUT2D eigenvalue weighted by Gasteiger charge is -2.16. The maximum Gasteiger partial charge on any atom is 0.262 e. The molecule has 0 spiro atoms.